The van der Waals surface area contributed by atoms with E-state index < -0.39 is 0 Å². The summed E-state index contributed by atoms with van der Waals surface area (Å²) >= 11 is 1.89. The van der Waals surface area contributed by atoms with Crippen molar-refractivity contribution in [2.45, 2.75) is 38.6 Å². The van der Waals surface area contributed by atoms with Crippen LogP contribution in [0, 0.1) is 5.92 Å². The minimum absolute atomic E-state index is 0.570. The summed E-state index contributed by atoms with van der Waals surface area (Å²) in [6.45, 7) is 3.37. The van der Waals surface area contributed by atoms with Crippen LogP contribution in [0.5, 0.6) is 0 Å². The molecule has 18 heavy (non-hydrogen) atoms. The summed E-state index contributed by atoms with van der Waals surface area (Å²) in [7, 11) is 0. The third kappa shape index (κ3) is 2.19. The molecule has 1 aromatic heterocycles. The molecule has 0 saturated heterocycles. The van der Waals surface area contributed by atoms with Crippen LogP contribution in [0.4, 0.5) is 0 Å². The number of benzene rings is 1. The van der Waals surface area contributed by atoms with Crippen molar-refractivity contribution in [2.75, 3.05) is 6.54 Å². The molecule has 0 radical (unpaired) electrons. The normalized spacial score (nSPS) is 17.8. The summed E-state index contributed by atoms with van der Waals surface area (Å²) in [6, 6.07) is 9.57. The molecule has 1 fully saturated rings. The second-order valence-electron chi connectivity index (χ2n) is 5.31. The molecule has 1 aliphatic rings. The Kier molecular flexibility index (Phi) is 3.67. The number of rotatable bonds is 5. The predicted octanol–water partition coefficient (Wildman–Crippen LogP) is 4.74. The second-order valence-corrected chi connectivity index (χ2v) is 6.23. The van der Waals surface area contributed by atoms with E-state index in [4.69, 9.17) is 0 Å². The van der Waals surface area contributed by atoms with E-state index in [1.807, 2.05) is 11.3 Å². The van der Waals surface area contributed by atoms with Gasteiger partial charge in [0.25, 0.3) is 0 Å². The molecule has 2 aromatic rings. The Morgan fingerprint density at radius 2 is 2.22 bits per heavy atom. The fourth-order valence-corrected chi connectivity index (χ4v) is 3.82. The summed E-state index contributed by atoms with van der Waals surface area (Å²) in [4.78, 5) is 0. The van der Waals surface area contributed by atoms with Crippen molar-refractivity contribution in [1.29, 1.82) is 0 Å². The van der Waals surface area contributed by atoms with Gasteiger partial charge in [0.1, 0.15) is 0 Å². The van der Waals surface area contributed by atoms with Gasteiger partial charge in [-0.15, -0.1) is 11.3 Å². The molecule has 0 amide bonds. The predicted molar refractivity (Wildman–Crippen MR) is 80.2 cm³/mol. The van der Waals surface area contributed by atoms with Crippen molar-refractivity contribution in [2.24, 2.45) is 5.92 Å². The molecular weight excluding hydrogens is 238 g/mol. The number of thiophene rings is 1. The Morgan fingerprint density at radius 3 is 2.94 bits per heavy atom. The van der Waals surface area contributed by atoms with Gasteiger partial charge in [-0.1, -0.05) is 31.5 Å². The fraction of sp³-hybridized carbons (Fsp3) is 0.500. The summed E-state index contributed by atoms with van der Waals surface area (Å²) in [5.74, 6) is 0.851. The first-order valence-corrected chi connectivity index (χ1v) is 7.97. The Hall–Kier alpha value is -0.860. The lowest BCUT2D eigenvalue weighted by Gasteiger charge is -2.35. The van der Waals surface area contributed by atoms with Crippen LogP contribution in [-0.4, -0.2) is 6.54 Å². The standard InChI is InChI=1S/C16H21NS/c1-2-10-17-15(12-5-3-6-12)14-8-4-7-13-9-11-18-16(13)14/h4,7-9,11-12,15,17H,2-3,5-6,10H2,1H3. The number of hydrogen-bond donors (Lipinski definition) is 1. The van der Waals surface area contributed by atoms with Gasteiger partial charge in [0.2, 0.25) is 0 Å². The number of fused-ring (bicyclic) bond motifs is 1. The van der Waals surface area contributed by atoms with Crippen LogP contribution in [0.15, 0.2) is 29.6 Å². The van der Waals surface area contributed by atoms with Gasteiger partial charge in [0.05, 0.1) is 0 Å². The molecule has 96 valence electrons. The minimum Gasteiger partial charge on any atom is -0.310 e. The number of nitrogens with one attached hydrogen (secondary N) is 1. The quantitative estimate of drug-likeness (QED) is 0.817. The van der Waals surface area contributed by atoms with Crippen LogP contribution in [0.3, 0.4) is 0 Å². The molecule has 1 aliphatic carbocycles. The monoisotopic (exact) mass is 259 g/mol. The molecule has 1 N–H and O–H groups in total. The third-order valence-corrected chi connectivity index (χ3v) is 5.06. The first-order valence-electron chi connectivity index (χ1n) is 7.09. The average Bonchev–Trinajstić information content (AvgIpc) is 2.80. The van der Waals surface area contributed by atoms with Crippen molar-refractivity contribution in [1.82, 2.24) is 5.32 Å². The van der Waals surface area contributed by atoms with Gasteiger partial charge < -0.3 is 5.32 Å². The highest BCUT2D eigenvalue weighted by molar-refractivity contribution is 7.17. The van der Waals surface area contributed by atoms with E-state index in [2.05, 4.69) is 41.9 Å². The highest BCUT2D eigenvalue weighted by atomic mass is 32.1. The second kappa shape index (κ2) is 5.41. The van der Waals surface area contributed by atoms with Gasteiger partial charge >= 0.3 is 0 Å². The zero-order valence-corrected chi connectivity index (χ0v) is 11.8. The van der Waals surface area contributed by atoms with Crippen molar-refractivity contribution >= 4 is 21.4 Å². The van der Waals surface area contributed by atoms with E-state index in [-0.39, 0.29) is 0 Å². The van der Waals surface area contributed by atoms with Crippen LogP contribution in [0.1, 0.15) is 44.2 Å². The van der Waals surface area contributed by atoms with Gasteiger partial charge in [0, 0.05) is 10.7 Å². The minimum atomic E-state index is 0.570. The molecule has 0 aliphatic heterocycles. The zero-order chi connectivity index (χ0) is 12.4. The maximum Gasteiger partial charge on any atom is 0.0390 e. The number of hydrogen-bond acceptors (Lipinski definition) is 2. The zero-order valence-electron chi connectivity index (χ0n) is 11.0. The topological polar surface area (TPSA) is 12.0 Å². The molecule has 3 rings (SSSR count). The van der Waals surface area contributed by atoms with Gasteiger partial charge in [0.15, 0.2) is 0 Å². The Labute approximate surface area is 113 Å². The molecule has 1 aromatic carbocycles. The van der Waals surface area contributed by atoms with Crippen molar-refractivity contribution in [3.8, 4) is 0 Å². The summed E-state index contributed by atoms with van der Waals surface area (Å²) in [5.41, 5.74) is 1.53. The SMILES string of the molecule is CCCNC(c1cccc2ccsc12)C1CCC1. The molecule has 0 spiro atoms. The Balaban J connectivity index is 1.94. The highest BCUT2D eigenvalue weighted by Crippen LogP contribution is 2.40. The average molecular weight is 259 g/mol. The largest absolute Gasteiger partial charge is 0.310 e. The van der Waals surface area contributed by atoms with Gasteiger partial charge in [-0.3, -0.25) is 0 Å². The molecule has 1 atom stereocenters. The first kappa shape index (κ1) is 12.2. The van der Waals surface area contributed by atoms with Crippen LogP contribution in [0.2, 0.25) is 0 Å². The molecule has 1 saturated carbocycles. The smallest absolute Gasteiger partial charge is 0.0390 e. The van der Waals surface area contributed by atoms with E-state index >= 15 is 0 Å². The summed E-state index contributed by atoms with van der Waals surface area (Å²) in [5, 5.41) is 7.39. The van der Waals surface area contributed by atoms with Gasteiger partial charge in [-0.05, 0) is 54.1 Å². The van der Waals surface area contributed by atoms with Crippen LogP contribution in [0.25, 0.3) is 10.1 Å². The van der Waals surface area contributed by atoms with Crippen LogP contribution in [-0.2, 0) is 0 Å². The lowest BCUT2D eigenvalue weighted by molar-refractivity contribution is 0.232. The highest BCUT2D eigenvalue weighted by Gasteiger charge is 2.29. The molecule has 1 nitrogen and oxygen atoms in total. The van der Waals surface area contributed by atoms with Gasteiger partial charge in [-0.25, -0.2) is 0 Å². The molecule has 1 unspecified atom stereocenters. The third-order valence-electron chi connectivity index (χ3n) is 4.08. The lowest BCUT2D eigenvalue weighted by atomic mass is 9.77. The Morgan fingerprint density at radius 1 is 1.33 bits per heavy atom. The fourth-order valence-electron chi connectivity index (χ4n) is 2.86. The van der Waals surface area contributed by atoms with Crippen molar-refractivity contribution < 1.29 is 0 Å². The molecule has 0 bridgehead atoms. The molecule has 2 heteroatoms. The molecular formula is C16H21NS. The lowest BCUT2D eigenvalue weighted by Crippen LogP contribution is -2.32. The maximum absolute atomic E-state index is 3.78. The van der Waals surface area contributed by atoms with Gasteiger partial charge in [-0.2, -0.15) is 0 Å². The maximum atomic E-state index is 3.78. The summed E-state index contributed by atoms with van der Waals surface area (Å²) < 4.78 is 1.48. The van der Waals surface area contributed by atoms with E-state index in [1.54, 1.807) is 0 Å². The van der Waals surface area contributed by atoms with Crippen LogP contribution >= 0.6 is 11.3 Å². The van der Waals surface area contributed by atoms with Crippen molar-refractivity contribution in [3.63, 3.8) is 0 Å². The van der Waals surface area contributed by atoms with Crippen LogP contribution < -0.4 is 5.32 Å². The first-order chi connectivity index (χ1) is 8.90. The van der Waals surface area contributed by atoms with E-state index in [0.29, 0.717) is 6.04 Å². The van der Waals surface area contributed by atoms with E-state index in [9.17, 15) is 0 Å². The van der Waals surface area contributed by atoms with E-state index in [0.717, 1.165) is 12.5 Å². The Bertz CT molecular complexity index is 513. The van der Waals surface area contributed by atoms with Crippen molar-refractivity contribution in [3.05, 3.63) is 35.2 Å². The summed E-state index contributed by atoms with van der Waals surface area (Å²) in [6.07, 6.45) is 5.41. The molecule has 1 heterocycles. The van der Waals surface area contributed by atoms with E-state index in [1.165, 1.54) is 41.3 Å².